The molecule has 4 heteroatoms. The normalized spacial score (nSPS) is 20.9. The van der Waals surface area contributed by atoms with Crippen LogP contribution in [-0.4, -0.2) is 36.1 Å². The van der Waals surface area contributed by atoms with Gasteiger partial charge in [-0.15, -0.1) is 11.3 Å². The zero-order chi connectivity index (χ0) is 13.7. The Hall–Kier alpha value is -0.450. The smallest absolute Gasteiger partial charge is 0.107 e. The molecule has 0 aliphatic carbocycles. The number of hydrogen-bond acceptors (Lipinski definition) is 4. The molecule has 1 fully saturated rings. The summed E-state index contributed by atoms with van der Waals surface area (Å²) in [7, 11) is 0. The predicted molar refractivity (Wildman–Crippen MR) is 82.7 cm³/mol. The van der Waals surface area contributed by atoms with E-state index in [1.54, 1.807) is 0 Å². The van der Waals surface area contributed by atoms with Crippen LogP contribution >= 0.6 is 11.3 Å². The first-order chi connectivity index (χ1) is 9.19. The highest BCUT2D eigenvalue weighted by Gasteiger charge is 2.20. The monoisotopic (exact) mass is 281 g/mol. The number of piperidine rings is 1. The van der Waals surface area contributed by atoms with Crippen LogP contribution in [0.5, 0.6) is 0 Å². The molecule has 0 amide bonds. The van der Waals surface area contributed by atoms with Gasteiger partial charge in [0, 0.05) is 11.4 Å². The minimum atomic E-state index is 0.822. The van der Waals surface area contributed by atoms with Crippen molar-refractivity contribution in [2.45, 2.75) is 46.6 Å². The Labute approximate surface area is 121 Å². The second-order valence-electron chi connectivity index (χ2n) is 5.70. The highest BCUT2D eigenvalue weighted by atomic mass is 32.1. The molecule has 3 nitrogen and oxygen atoms in total. The van der Waals surface area contributed by atoms with Crippen LogP contribution in [0.3, 0.4) is 0 Å². The highest BCUT2D eigenvalue weighted by molar-refractivity contribution is 7.11. The van der Waals surface area contributed by atoms with Crippen molar-refractivity contribution in [1.82, 2.24) is 15.2 Å². The molecule has 1 aliphatic rings. The molecule has 1 aromatic heterocycles. The topological polar surface area (TPSA) is 28.2 Å². The Balaban J connectivity index is 1.80. The Kier molecular flexibility index (Phi) is 5.79. The fraction of sp³-hybridized carbons (Fsp3) is 0.800. The lowest BCUT2D eigenvalue weighted by Crippen LogP contribution is -2.39. The fourth-order valence-corrected chi connectivity index (χ4v) is 3.72. The van der Waals surface area contributed by atoms with Gasteiger partial charge in [-0.25, -0.2) is 4.98 Å². The van der Waals surface area contributed by atoms with E-state index in [9.17, 15) is 0 Å². The minimum Gasteiger partial charge on any atom is -0.316 e. The summed E-state index contributed by atoms with van der Waals surface area (Å²) in [4.78, 5) is 8.62. The Morgan fingerprint density at radius 2 is 2.26 bits per heavy atom. The number of rotatable bonds is 6. The first-order valence-corrected chi connectivity index (χ1v) is 8.36. The number of likely N-dealkylation sites (tertiary alicyclic amines) is 1. The molecule has 0 spiro atoms. The van der Waals surface area contributed by atoms with E-state index >= 15 is 0 Å². The van der Waals surface area contributed by atoms with Crippen molar-refractivity contribution in [3.63, 3.8) is 0 Å². The quantitative estimate of drug-likeness (QED) is 0.813. The average molecular weight is 281 g/mol. The zero-order valence-corrected chi connectivity index (χ0v) is 13.4. The Morgan fingerprint density at radius 3 is 2.95 bits per heavy atom. The third kappa shape index (κ3) is 4.55. The van der Waals surface area contributed by atoms with E-state index in [1.165, 1.54) is 54.5 Å². The summed E-state index contributed by atoms with van der Waals surface area (Å²) in [6.07, 6.45) is 3.94. The lowest BCUT2D eigenvalue weighted by molar-refractivity contribution is 0.165. The van der Waals surface area contributed by atoms with Gasteiger partial charge in [-0.1, -0.05) is 6.92 Å². The molecule has 1 aromatic rings. The molecule has 108 valence electrons. The summed E-state index contributed by atoms with van der Waals surface area (Å²) in [5.41, 5.74) is 1.21. The molecule has 2 rings (SSSR count). The molecule has 0 saturated carbocycles. The molecule has 1 N–H and O–H groups in total. The highest BCUT2D eigenvalue weighted by Crippen LogP contribution is 2.22. The number of aromatic nitrogens is 1. The Morgan fingerprint density at radius 1 is 1.42 bits per heavy atom. The van der Waals surface area contributed by atoms with Crippen LogP contribution in [0.15, 0.2) is 0 Å². The zero-order valence-electron chi connectivity index (χ0n) is 12.5. The number of nitrogens with zero attached hydrogens (tertiary/aromatic N) is 2. The summed E-state index contributed by atoms with van der Waals surface area (Å²) in [5.74, 6) is 0.822. The van der Waals surface area contributed by atoms with Gasteiger partial charge in [-0.2, -0.15) is 0 Å². The van der Waals surface area contributed by atoms with Crippen molar-refractivity contribution in [2.24, 2.45) is 5.92 Å². The van der Waals surface area contributed by atoms with Crippen LogP contribution in [0.1, 0.15) is 41.8 Å². The molecular formula is C15H27N3S. The van der Waals surface area contributed by atoms with Gasteiger partial charge in [-0.05, 0) is 58.7 Å². The van der Waals surface area contributed by atoms with E-state index in [0.29, 0.717) is 0 Å². The molecular weight excluding hydrogens is 254 g/mol. The standard InChI is InChI=1S/C15H27N3S/c1-4-7-16-9-14-6-5-8-18(10-14)11-15-17-12(2)13(3)19-15/h14,16H,4-11H2,1-3H3. The van der Waals surface area contributed by atoms with Gasteiger partial charge < -0.3 is 5.32 Å². The van der Waals surface area contributed by atoms with E-state index in [1.807, 2.05) is 11.3 Å². The third-order valence-electron chi connectivity index (χ3n) is 3.89. The van der Waals surface area contributed by atoms with Crippen LogP contribution < -0.4 is 5.32 Å². The summed E-state index contributed by atoms with van der Waals surface area (Å²) >= 11 is 1.86. The van der Waals surface area contributed by atoms with E-state index in [4.69, 9.17) is 0 Å². The van der Waals surface area contributed by atoms with Crippen molar-refractivity contribution in [3.8, 4) is 0 Å². The van der Waals surface area contributed by atoms with E-state index in [0.717, 1.165) is 19.0 Å². The molecule has 1 saturated heterocycles. The van der Waals surface area contributed by atoms with Gasteiger partial charge in [-0.3, -0.25) is 4.90 Å². The molecule has 19 heavy (non-hydrogen) atoms. The minimum absolute atomic E-state index is 0.822. The maximum absolute atomic E-state index is 4.67. The van der Waals surface area contributed by atoms with Gasteiger partial charge in [0.2, 0.25) is 0 Å². The van der Waals surface area contributed by atoms with Crippen LogP contribution in [0.4, 0.5) is 0 Å². The molecule has 0 radical (unpaired) electrons. The van der Waals surface area contributed by atoms with E-state index < -0.39 is 0 Å². The van der Waals surface area contributed by atoms with Gasteiger partial charge in [0.1, 0.15) is 5.01 Å². The maximum atomic E-state index is 4.67. The van der Waals surface area contributed by atoms with Crippen LogP contribution in [0.25, 0.3) is 0 Å². The molecule has 1 aliphatic heterocycles. The van der Waals surface area contributed by atoms with Crippen molar-refractivity contribution in [1.29, 1.82) is 0 Å². The first-order valence-electron chi connectivity index (χ1n) is 7.55. The average Bonchev–Trinajstić information content (AvgIpc) is 2.69. The lowest BCUT2D eigenvalue weighted by Gasteiger charge is -2.32. The Bertz CT molecular complexity index is 369. The van der Waals surface area contributed by atoms with Crippen molar-refractivity contribution in [3.05, 3.63) is 15.6 Å². The first kappa shape index (κ1) is 14.9. The number of nitrogens with one attached hydrogen (secondary N) is 1. The molecule has 1 unspecified atom stereocenters. The van der Waals surface area contributed by atoms with Crippen molar-refractivity contribution in [2.75, 3.05) is 26.2 Å². The van der Waals surface area contributed by atoms with Crippen LogP contribution in [0.2, 0.25) is 0 Å². The number of hydrogen-bond donors (Lipinski definition) is 1. The largest absolute Gasteiger partial charge is 0.316 e. The molecule has 0 aromatic carbocycles. The summed E-state index contributed by atoms with van der Waals surface area (Å²) in [5, 5.41) is 4.85. The van der Waals surface area contributed by atoms with Crippen LogP contribution in [0, 0.1) is 19.8 Å². The van der Waals surface area contributed by atoms with E-state index in [2.05, 4.69) is 36.0 Å². The summed E-state index contributed by atoms with van der Waals surface area (Å²) < 4.78 is 0. The summed E-state index contributed by atoms with van der Waals surface area (Å²) in [6.45, 7) is 12.4. The number of aryl methyl sites for hydroxylation is 2. The summed E-state index contributed by atoms with van der Waals surface area (Å²) in [6, 6.07) is 0. The van der Waals surface area contributed by atoms with Crippen molar-refractivity contribution >= 4 is 11.3 Å². The molecule has 1 atom stereocenters. The van der Waals surface area contributed by atoms with E-state index in [-0.39, 0.29) is 0 Å². The fourth-order valence-electron chi connectivity index (χ4n) is 2.74. The van der Waals surface area contributed by atoms with Gasteiger partial charge in [0.25, 0.3) is 0 Å². The third-order valence-corrected chi connectivity index (χ3v) is 4.95. The predicted octanol–water partition coefficient (Wildman–Crippen LogP) is 2.97. The number of thiazole rings is 1. The van der Waals surface area contributed by atoms with Gasteiger partial charge in [0.15, 0.2) is 0 Å². The van der Waals surface area contributed by atoms with Gasteiger partial charge in [0.05, 0.1) is 12.2 Å². The second kappa shape index (κ2) is 7.36. The lowest BCUT2D eigenvalue weighted by atomic mass is 9.98. The molecule has 2 heterocycles. The maximum Gasteiger partial charge on any atom is 0.107 e. The second-order valence-corrected chi connectivity index (χ2v) is 6.98. The van der Waals surface area contributed by atoms with Gasteiger partial charge >= 0.3 is 0 Å². The van der Waals surface area contributed by atoms with Crippen molar-refractivity contribution < 1.29 is 0 Å². The SMILES string of the molecule is CCCNCC1CCCN(Cc2nc(C)c(C)s2)C1. The van der Waals surface area contributed by atoms with Crippen LogP contribution in [-0.2, 0) is 6.54 Å². The molecule has 0 bridgehead atoms.